The van der Waals surface area contributed by atoms with Gasteiger partial charge in [-0.2, -0.15) is 0 Å². The van der Waals surface area contributed by atoms with Crippen LogP contribution in [0.5, 0.6) is 0 Å². The van der Waals surface area contributed by atoms with Crippen molar-refractivity contribution in [3.05, 3.63) is 29.8 Å². The van der Waals surface area contributed by atoms with Crippen molar-refractivity contribution in [3.63, 3.8) is 0 Å². The van der Waals surface area contributed by atoms with Gasteiger partial charge in [-0.15, -0.1) is 11.8 Å². The quantitative estimate of drug-likeness (QED) is 0.915. The molecule has 0 saturated carbocycles. The largest absolute Gasteiger partial charge is 0.374 e. The predicted octanol–water partition coefficient (Wildman–Crippen LogP) is 2.14. The van der Waals surface area contributed by atoms with E-state index in [2.05, 4.69) is 41.5 Å². The second kappa shape index (κ2) is 6.27. The third kappa shape index (κ3) is 3.31. The molecule has 2 unspecified atom stereocenters. The zero-order chi connectivity index (χ0) is 13.1. The number of thioether (sulfide) groups is 1. The van der Waals surface area contributed by atoms with Crippen molar-refractivity contribution in [1.29, 1.82) is 0 Å². The number of ether oxygens (including phenoxy) is 1. The highest BCUT2D eigenvalue weighted by Gasteiger charge is 2.23. The number of rotatable bonds is 3. The average molecular weight is 278 g/mol. The molecule has 1 saturated heterocycles. The van der Waals surface area contributed by atoms with Crippen molar-refractivity contribution < 1.29 is 4.74 Å². The van der Waals surface area contributed by atoms with Crippen LogP contribution < -0.4 is 5.32 Å². The summed E-state index contributed by atoms with van der Waals surface area (Å²) in [6.07, 6.45) is 1.55. The molecule has 1 aromatic carbocycles. The van der Waals surface area contributed by atoms with E-state index in [4.69, 9.17) is 4.74 Å². The molecule has 1 N–H and O–H groups in total. The van der Waals surface area contributed by atoms with Gasteiger partial charge in [0.2, 0.25) is 0 Å². The molecule has 3 rings (SSSR count). The second-order valence-corrected chi connectivity index (χ2v) is 6.53. The molecule has 3 nitrogen and oxygen atoms in total. The Kier molecular flexibility index (Phi) is 4.43. The number of morpholine rings is 1. The Morgan fingerprint density at radius 1 is 1.42 bits per heavy atom. The number of hydrogen-bond donors (Lipinski definition) is 1. The van der Waals surface area contributed by atoms with Gasteiger partial charge < -0.3 is 15.0 Å². The summed E-state index contributed by atoms with van der Waals surface area (Å²) in [7, 11) is 2.17. The smallest absolute Gasteiger partial charge is 0.0826 e. The summed E-state index contributed by atoms with van der Waals surface area (Å²) in [5, 5.41) is 3.70. The minimum atomic E-state index is 0.334. The number of nitrogens with zero attached hydrogens (tertiary/aromatic N) is 1. The summed E-state index contributed by atoms with van der Waals surface area (Å²) in [5.41, 5.74) is 1.46. The zero-order valence-corrected chi connectivity index (χ0v) is 12.3. The molecule has 19 heavy (non-hydrogen) atoms. The Hall–Kier alpha value is -0.550. The first-order valence-electron chi connectivity index (χ1n) is 7.08. The lowest BCUT2D eigenvalue weighted by molar-refractivity contribution is -0.0194. The fraction of sp³-hybridized carbons (Fsp3) is 0.600. The fourth-order valence-corrected chi connectivity index (χ4v) is 3.94. The number of hydrogen-bond acceptors (Lipinski definition) is 4. The third-order valence-electron chi connectivity index (χ3n) is 3.89. The summed E-state index contributed by atoms with van der Waals surface area (Å²) < 4.78 is 5.82. The number of nitrogens with one attached hydrogen (secondary N) is 1. The van der Waals surface area contributed by atoms with Gasteiger partial charge in [0, 0.05) is 30.6 Å². The van der Waals surface area contributed by atoms with Crippen molar-refractivity contribution in [2.45, 2.75) is 23.5 Å². The lowest BCUT2D eigenvalue weighted by Gasteiger charge is -2.32. The maximum atomic E-state index is 5.82. The Morgan fingerprint density at radius 2 is 2.32 bits per heavy atom. The van der Waals surface area contributed by atoms with Crippen LogP contribution in [0.4, 0.5) is 0 Å². The number of benzene rings is 1. The van der Waals surface area contributed by atoms with Crippen LogP contribution in [-0.4, -0.2) is 50.0 Å². The predicted molar refractivity (Wildman–Crippen MR) is 79.8 cm³/mol. The van der Waals surface area contributed by atoms with Crippen molar-refractivity contribution in [1.82, 2.24) is 10.2 Å². The van der Waals surface area contributed by atoms with Gasteiger partial charge in [-0.3, -0.25) is 0 Å². The summed E-state index contributed by atoms with van der Waals surface area (Å²) >= 11 is 1.97. The van der Waals surface area contributed by atoms with Gasteiger partial charge in [0.1, 0.15) is 0 Å². The van der Waals surface area contributed by atoms with Crippen LogP contribution in [-0.2, 0) is 4.74 Å². The molecule has 0 aliphatic carbocycles. The van der Waals surface area contributed by atoms with Crippen LogP contribution in [0.2, 0.25) is 0 Å². The van der Waals surface area contributed by atoms with Crippen LogP contribution >= 0.6 is 11.8 Å². The first-order chi connectivity index (χ1) is 9.33. The third-order valence-corrected chi connectivity index (χ3v) is 5.01. The van der Waals surface area contributed by atoms with E-state index in [9.17, 15) is 0 Å². The van der Waals surface area contributed by atoms with Gasteiger partial charge in [0.25, 0.3) is 0 Å². The van der Waals surface area contributed by atoms with E-state index < -0.39 is 0 Å². The first-order valence-corrected chi connectivity index (χ1v) is 8.07. The van der Waals surface area contributed by atoms with E-state index in [-0.39, 0.29) is 0 Å². The maximum absolute atomic E-state index is 5.82. The van der Waals surface area contributed by atoms with Gasteiger partial charge in [0.05, 0.1) is 12.7 Å². The van der Waals surface area contributed by atoms with Crippen LogP contribution in [0.15, 0.2) is 29.2 Å². The summed E-state index contributed by atoms with van der Waals surface area (Å²) in [6, 6.07) is 9.26. The highest BCUT2D eigenvalue weighted by molar-refractivity contribution is 7.99. The normalized spacial score (nSPS) is 28.1. The molecule has 0 amide bonds. The van der Waals surface area contributed by atoms with Gasteiger partial charge in [-0.05, 0) is 30.9 Å². The van der Waals surface area contributed by atoms with Crippen LogP contribution in [0.25, 0.3) is 0 Å². The minimum absolute atomic E-state index is 0.334. The van der Waals surface area contributed by atoms with Gasteiger partial charge in [0.15, 0.2) is 0 Å². The molecule has 0 aromatic heterocycles. The zero-order valence-electron chi connectivity index (χ0n) is 11.5. The van der Waals surface area contributed by atoms with E-state index in [1.165, 1.54) is 22.6 Å². The summed E-state index contributed by atoms with van der Waals surface area (Å²) in [5.74, 6) is 1.21. The van der Waals surface area contributed by atoms with Gasteiger partial charge >= 0.3 is 0 Å². The minimum Gasteiger partial charge on any atom is -0.374 e. The molecule has 2 atom stereocenters. The summed E-state index contributed by atoms with van der Waals surface area (Å²) in [4.78, 5) is 3.79. The number of fused-ring (bicyclic) bond motifs is 1. The van der Waals surface area contributed by atoms with Crippen molar-refractivity contribution in [3.8, 4) is 0 Å². The molecule has 0 radical (unpaired) electrons. The Morgan fingerprint density at radius 3 is 3.21 bits per heavy atom. The topological polar surface area (TPSA) is 24.5 Å². The summed E-state index contributed by atoms with van der Waals surface area (Å²) in [6.45, 7) is 3.91. The van der Waals surface area contributed by atoms with E-state index >= 15 is 0 Å². The highest BCUT2D eigenvalue weighted by Crippen LogP contribution is 2.35. The Balaban J connectivity index is 1.59. The molecule has 2 aliphatic rings. The van der Waals surface area contributed by atoms with Crippen LogP contribution in [0, 0.1) is 0 Å². The Bertz CT molecular complexity index is 426. The van der Waals surface area contributed by atoms with Crippen molar-refractivity contribution in [2.24, 2.45) is 0 Å². The van der Waals surface area contributed by atoms with Crippen molar-refractivity contribution >= 4 is 11.8 Å². The van der Waals surface area contributed by atoms with Gasteiger partial charge in [-0.25, -0.2) is 0 Å². The van der Waals surface area contributed by atoms with Crippen molar-refractivity contribution in [2.75, 3.05) is 39.0 Å². The van der Waals surface area contributed by atoms with E-state index in [1.807, 2.05) is 11.8 Å². The average Bonchev–Trinajstić information content (AvgIpc) is 2.45. The molecule has 0 bridgehead atoms. The Labute approximate surface area is 119 Å². The molecule has 104 valence electrons. The lowest BCUT2D eigenvalue weighted by Crippen LogP contribution is -2.45. The highest BCUT2D eigenvalue weighted by atomic mass is 32.2. The van der Waals surface area contributed by atoms with Crippen LogP contribution in [0.1, 0.15) is 18.0 Å². The standard InChI is InChI=1S/C15H22N2OS/c1-17-7-8-18-12(11-17)10-16-14-6-9-19-15-5-3-2-4-13(14)15/h2-5,12,14,16H,6-11H2,1H3. The van der Waals surface area contributed by atoms with Crippen LogP contribution in [0.3, 0.4) is 0 Å². The lowest BCUT2D eigenvalue weighted by atomic mass is 10.0. The monoisotopic (exact) mass is 278 g/mol. The molecule has 4 heteroatoms. The maximum Gasteiger partial charge on any atom is 0.0826 e. The molecular weight excluding hydrogens is 256 g/mol. The molecule has 1 aromatic rings. The SMILES string of the molecule is CN1CCOC(CNC2CCSc3ccccc32)C1. The molecular formula is C15H22N2OS. The molecule has 0 spiro atoms. The molecule has 2 heterocycles. The van der Waals surface area contributed by atoms with E-state index in [0.29, 0.717) is 12.1 Å². The van der Waals surface area contributed by atoms with Gasteiger partial charge in [-0.1, -0.05) is 18.2 Å². The second-order valence-electron chi connectivity index (χ2n) is 5.39. The molecule has 1 fully saturated rings. The van der Waals surface area contributed by atoms with E-state index in [0.717, 1.165) is 26.2 Å². The number of likely N-dealkylation sites (N-methyl/N-ethyl adjacent to an activating group) is 1. The first kappa shape index (κ1) is 13.4. The molecule has 2 aliphatic heterocycles. The van der Waals surface area contributed by atoms with E-state index in [1.54, 1.807) is 0 Å². The fourth-order valence-electron chi connectivity index (χ4n) is 2.82.